The first-order chi connectivity index (χ1) is 13.4. The van der Waals surface area contributed by atoms with E-state index in [0.717, 1.165) is 12.1 Å². The van der Waals surface area contributed by atoms with Gasteiger partial charge in [0.05, 0.1) is 0 Å². The van der Waals surface area contributed by atoms with Crippen molar-refractivity contribution in [2.24, 2.45) is 5.14 Å². The zero-order valence-electron chi connectivity index (χ0n) is 15.1. The van der Waals surface area contributed by atoms with Crippen LogP contribution in [-0.4, -0.2) is 14.8 Å². The summed E-state index contributed by atoms with van der Waals surface area (Å²) >= 11 is 0. The van der Waals surface area contributed by atoms with Crippen molar-refractivity contribution >= 4 is 21.2 Å². The molecule has 0 saturated heterocycles. The van der Waals surface area contributed by atoms with Crippen molar-refractivity contribution in [3.8, 4) is 5.75 Å². The van der Waals surface area contributed by atoms with Crippen LogP contribution in [0, 0.1) is 18.6 Å². The number of allylic oxidation sites excluding steroid dienone is 2. The smallest absolute Gasteiger partial charge is 0.406 e. The molecule has 0 bridgehead atoms. The molecular weight excluding hydrogens is 417 g/mol. The van der Waals surface area contributed by atoms with Gasteiger partial charge in [-0.25, -0.2) is 22.3 Å². The van der Waals surface area contributed by atoms with Crippen LogP contribution in [0.4, 0.5) is 22.0 Å². The summed E-state index contributed by atoms with van der Waals surface area (Å²) in [5.74, 6) is -2.94. The summed E-state index contributed by atoms with van der Waals surface area (Å²) in [4.78, 5) is -1.20. The van der Waals surface area contributed by atoms with Crippen LogP contribution < -0.4 is 9.88 Å². The van der Waals surface area contributed by atoms with Crippen LogP contribution in [0.1, 0.15) is 36.0 Å². The van der Waals surface area contributed by atoms with Gasteiger partial charge in [0.15, 0.2) is 4.90 Å². The Hall–Kier alpha value is -2.46. The minimum Gasteiger partial charge on any atom is -0.406 e. The third kappa shape index (κ3) is 4.59. The van der Waals surface area contributed by atoms with Gasteiger partial charge in [-0.05, 0) is 78.3 Å². The number of halogens is 5. The fourth-order valence-electron chi connectivity index (χ4n) is 3.46. The predicted octanol–water partition coefficient (Wildman–Crippen LogP) is 4.91. The summed E-state index contributed by atoms with van der Waals surface area (Å²) in [6.07, 6.45) is -3.12. The number of nitrogens with two attached hydrogens (primary N) is 1. The molecule has 0 aromatic heterocycles. The van der Waals surface area contributed by atoms with Gasteiger partial charge in [-0.1, -0.05) is 6.07 Å². The van der Waals surface area contributed by atoms with E-state index in [2.05, 4.69) is 4.74 Å². The molecule has 0 radical (unpaired) electrons. The van der Waals surface area contributed by atoms with Gasteiger partial charge in [0.1, 0.15) is 17.4 Å². The van der Waals surface area contributed by atoms with Gasteiger partial charge >= 0.3 is 6.36 Å². The van der Waals surface area contributed by atoms with Crippen molar-refractivity contribution in [1.29, 1.82) is 0 Å². The molecule has 29 heavy (non-hydrogen) atoms. The van der Waals surface area contributed by atoms with Crippen molar-refractivity contribution in [1.82, 2.24) is 0 Å². The highest BCUT2D eigenvalue weighted by molar-refractivity contribution is 7.89. The van der Waals surface area contributed by atoms with E-state index in [9.17, 15) is 30.4 Å². The van der Waals surface area contributed by atoms with Gasteiger partial charge in [0.25, 0.3) is 0 Å². The number of hydrogen-bond acceptors (Lipinski definition) is 3. The second kappa shape index (κ2) is 7.42. The van der Waals surface area contributed by atoms with Crippen molar-refractivity contribution in [3.05, 3.63) is 58.7 Å². The summed E-state index contributed by atoms with van der Waals surface area (Å²) < 4.78 is 92.4. The van der Waals surface area contributed by atoms with Crippen LogP contribution in [0.25, 0.3) is 11.1 Å². The fraction of sp³-hybridized carbons (Fsp3) is 0.263. The molecular formula is C19H16F5NO3S. The number of benzene rings is 2. The number of primary sulfonamides is 1. The lowest BCUT2D eigenvalue weighted by Crippen LogP contribution is -2.17. The second-order valence-corrected chi connectivity index (χ2v) is 8.15. The summed E-state index contributed by atoms with van der Waals surface area (Å²) in [6.45, 7) is 1.46. The van der Waals surface area contributed by atoms with E-state index in [1.807, 2.05) is 0 Å². The number of ether oxygens (including phenoxy) is 1. The molecule has 2 aromatic rings. The highest BCUT2D eigenvalue weighted by atomic mass is 32.2. The molecule has 1 aliphatic carbocycles. The highest BCUT2D eigenvalue weighted by Crippen LogP contribution is 2.41. The van der Waals surface area contributed by atoms with Crippen LogP contribution in [0.3, 0.4) is 0 Å². The van der Waals surface area contributed by atoms with Gasteiger partial charge in [-0.2, -0.15) is 0 Å². The Morgan fingerprint density at radius 3 is 2.00 bits per heavy atom. The highest BCUT2D eigenvalue weighted by Gasteiger charge is 2.32. The minimum absolute atomic E-state index is 0.160. The van der Waals surface area contributed by atoms with E-state index in [1.54, 1.807) is 0 Å². The number of sulfonamides is 1. The first-order valence-corrected chi connectivity index (χ1v) is 10.0. The lowest BCUT2D eigenvalue weighted by atomic mass is 9.95. The van der Waals surface area contributed by atoms with E-state index >= 15 is 0 Å². The lowest BCUT2D eigenvalue weighted by molar-refractivity contribution is -0.274. The molecule has 0 unspecified atom stereocenters. The summed E-state index contributed by atoms with van der Waals surface area (Å²) in [5, 5.41) is 4.84. The fourth-order valence-corrected chi connectivity index (χ4v) is 4.12. The molecule has 2 N–H and O–H groups in total. The normalized spacial score (nSPS) is 15.1. The van der Waals surface area contributed by atoms with Crippen molar-refractivity contribution in [2.45, 2.75) is 37.4 Å². The first-order valence-electron chi connectivity index (χ1n) is 8.48. The van der Waals surface area contributed by atoms with Gasteiger partial charge in [-0.15, -0.1) is 13.2 Å². The topological polar surface area (TPSA) is 69.4 Å². The summed E-state index contributed by atoms with van der Waals surface area (Å²) in [5.41, 5.74) is 2.32. The SMILES string of the molecule is Cc1cc(C2=C(c3cc(F)c(S(N)(=O)=O)c(F)c3)CCC2)ccc1OC(F)(F)F. The van der Waals surface area contributed by atoms with Crippen molar-refractivity contribution in [2.75, 3.05) is 0 Å². The monoisotopic (exact) mass is 433 g/mol. The molecule has 0 amide bonds. The number of hydrogen-bond donors (Lipinski definition) is 1. The van der Waals surface area contributed by atoms with Crippen LogP contribution in [0.15, 0.2) is 35.2 Å². The van der Waals surface area contributed by atoms with E-state index in [0.29, 0.717) is 36.0 Å². The quantitative estimate of drug-likeness (QED) is 0.697. The number of alkyl halides is 3. The Balaban J connectivity index is 2.06. The van der Waals surface area contributed by atoms with E-state index in [-0.39, 0.29) is 16.9 Å². The molecule has 1 aliphatic rings. The van der Waals surface area contributed by atoms with Gasteiger partial charge < -0.3 is 4.74 Å². The Bertz CT molecular complexity index is 1080. The lowest BCUT2D eigenvalue weighted by Gasteiger charge is -2.14. The molecule has 2 aromatic carbocycles. The third-order valence-corrected chi connectivity index (χ3v) is 5.56. The third-order valence-electron chi connectivity index (χ3n) is 4.60. The van der Waals surface area contributed by atoms with Gasteiger partial charge in [0.2, 0.25) is 10.0 Å². The van der Waals surface area contributed by atoms with E-state index in [1.165, 1.54) is 25.1 Å². The molecule has 10 heteroatoms. The molecule has 0 atom stereocenters. The molecule has 0 heterocycles. The maximum absolute atomic E-state index is 14.2. The second-order valence-electron chi connectivity index (χ2n) is 6.65. The Labute approximate surface area is 163 Å². The van der Waals surface area contributed by atoms with E-state index in [4.69, 9.17) is 5.14 Å². The summed E-state index contributed by atoms with van der Waals surface area (Å²) in [6, 6.07) is 5.94. The number of rotatable bonds is 4. The molecule has 0 aliphatic heterocycles. The van der Waals surface area contributed by atoms with Crippen LogP contribution in [0.2, 0.25) is 0 Å². The van der Waals surface area contributed by atoms with Gasteiger partial charge in [0, 0.05) is 0 Å². The molecule has 156 valence electrons. The largest absolute Gasteiger partial charge is 0.573 e. The average molecular weight is 433 g/mol. The molecule has 0 fully saturated rings. The zero-order chi connectivity index (χ0) is 21.6. The standard InChI is InChI=1S/C19H16F5NO3S/c1-10-7-11(5-6-17(10)28-19(22,23)24)13-3-2-4-14(13)12-8-15(20)18(16(21)9-12)29(25,26)27/h5-9H,2-4H2,1H3,(H2,25,26,27). The van der Waals surface area contributed by atoms with E-state index < -0.39 is 32.9 Å². The first kappa shape index (κ1) is 21.3. The Morgan fingerprint density at radius 1 is 0.966 bits per heavy atom. The van der Waals surface area contributed by atoms with Crippen molar-refractivity contribution in [3.63, 3.8) is 0 Å². The van der Waals surface area contributed by atoms with Gasteiger partial charge in [-0.3, -0.25) is 0 Å². The number of aryl methyl sites for hydroxylation is 1. The maximum Gasteiger partial charge on any atom is 0.573 e. The molecule has 0 spiro atoms. The van der Waals surface area contributed by atoms with Crippen LogP contribution >= 0.6 is 0 Å². The molecule has 4 nitrogen and oxygen atoms in total. The average Bonchev–Trinajstić information content (AvgIpc) is 3.03. The zero-order valence-corrected chi connectivity index (χ0v) is 15.9. The Morgan fingerprint density at radius 2 is 1.52 bits per heavy atom. The molecule has 0 saturated carbocycles. The Kier molecular flexibility index (Phi) is 5.44. The predicted molar refractivity (Wildman–Crippen MR) is 96.3 cm³/mol. The summed E-state index contributed by atoms with van der Waals surface area (Å²) in [7, 11) is -4.57. The minimum atomic E-state index is -4.82. The van der Waals surface area contributed by atoms with Crippen molar-refractivity contribution < 1.29 is 35.1 Å². The van der Waals surface area contributed by atoms with Crippen LogP contribution in [0.5, 0.6) is 5.75 Å². The maximum atomic E-state index is 14.2. The molecule has 3 rings (SSSR count). The van der Waals surface area contributed by atoms with Crippen LogP contribution in [-0.2, 0) is 10.0 Å².